The number of rotatable bonds is 6. The molecule has 1 aromatic carbocycles. The second-order valence-electron chi connectivity index (χ2n) is 5.85. The lowest BCUT2D eigenvalue weighted by molar-refractivity contribution is -0.131. The van der Waals surface area contributed by atoms with E-state index in [0.717, 1.165) is 25.0 Å². The molecule has 0 atom stereocenters. The van der Waals surface area contributed by atoms with E-state index in [1.807, 2.05) is 0 Å². The Morgan fingerprint density at radius 1 is 1.15 bits per heavy atom. The maximum atomic E-state index is 12.5. The molecule has 1 aromatic heterocycles. The first-order chi connectivity index (χ1) is 12.9. The Kier molecular flexibility index (Phi) is 5.72. The van der Waals surface area contributed by atoms with Gasteiger partial charge < -0.3 is 14.7 Å². The summed E-state index contributed by atoms with van der Waals surface area (Å²) in [6.45, 7) is 2.79. The molecule has 0 bridgehead atoms. The predicted octanol–water partition coefficient (Wildman–Crippen LogP) is 1.82. The molecule has 3 rings (SSSR count). The number of aliphatic carboxylic acids is 1. The molecule has 1 aliphatic heterocycles. The Labute approximate surface area is 157 Å². The van der Waals surface area contributed by atoms with Crippen molar-refractivity contribution in [2.24, 2.45) is 0 Å². The molecule has 0 saturated carbocycles. The highest BCUT2D eigenvalue weighted by atomic mass is 32.2. The number of sulfonamides is 1. The number of benzene rings is 1. The third kappa shape index (κ3) is 5.05. The van der Waals surface area contributed by atoms with Gasteiger partial charge in [-0.25, -0.2) is 18.2 Å². The number of hydrogen-bond acceptors (Lipinski definition) is 6. The van der Waals surface area contributed by atoms with Gasteiger partial charge in [-0.3, -0.25) is 4.72 Å². The van der Waals surface area contributed by atoms with Crippen LogP contribution in [0.2, 0.25) is 0 Å². The van der Waals surface area contributed by atoms with Crippen LogP contribution in [0.4, 0.5) is 11.5 Å². The number of anilines is 2. The fourth-order valence-corrected chi connectivity index (χ4v) is 3.61. The average Bonchev–Trinajstić information content (AvgIpc) is 2.68. The molecule has 9 heteroatoms. The van der Waals surface area contributed by atoms with Crippen molar-refractivity contribution in [3.63, 3.8) is 0 Å². The molecule has 8 nitrogen and oxygen atoms in total. The van der Waals surface area contributed by atoms with Crippen molar-refractivity contribution in [2.45, 2.75) is 4.90 Å². The summed E-state index contributed by atoms with van der Waals surface area (Å²) in [4.78, 5) is 17.0. The van der Waals surface area contributed by atoms with E-state index in [2.05, 4.69) is 14.6 Å². The van der Waals surface area contributed by atoms with Crippen molar-refractivity contribution in [3.8, 4) is 0 Å². The van der Waals surface area contributed by atoms with E-state index in [-0.39, 0.29) is 4.90 Å². The monoisotopic (exact) mass is 389 g/mol. The lowest BCUT2D eigenvalue weighted by atomic mass is 10.2. The zero-order valence-electron chi connectivity index (χ0n) is 14.4. The van der Waals surface area contributed by atoms with Gasteiger partial charge in [-0.2, -0.15) is 0 Å². The van der Waals surface area contributed by atoms with Gasteiger partial charge in [-0.05, 0) is 35.9 Å². The first kappa shape index (κ1) is 18.9. The zero-order chi connectivity index (χ0) is 19.3. The van der Waals surface area contributed by atoms with Crippen molar-refractivity contribution in [1.29, 1.82) is 0 Å². The SMILES string of the molecule is O=C(O)/C=C/c1ccc(S(=O)(=O)Nc2ccc(N3CCOCC3)nc2)cc1. The topological polar surface area (TPSA) is 109 Å². The summed E-state index contributed by atoms with van der Waals surface area (Å²) in [6, 6.07) is 9.34. The second-order valence-corrected chi connectivity index (χ2v) is 7.53. The highest BCUT2D eigenvalue weighted by molar-refractivity contribution is 7.92. The maximum absolute atomic E-state index is 12.5. The van der Waals surface area contributed by atoms with Gasteiger partial charge in [-0.15, -0.1) is 0 Å². The minimum absolute atomic E-state index is 0.0761. The van der Waals surface area contributed by atoms with E-state index in [1.165, 1.54) is 36.5 Å². The van der Waals surface area contributed by atoms with Crippen LogP contribution in [0.25, 0.3) is 6.08 Å². The molecule has 2 heterocycles. The summed E-state index contributed by atoms with van der Waals surface area (Å²) in [6.07, 6.45) is 3.86. The Hall–Kier alpha value is -2.91. The van der Waals surface area contributed by atoms with Crippen LogP contribution < -0.4 is 9.62 Å². The van der Waals surface area contributed by atoms with Crippen LogP contribution in [-0.4, -0.2) is 50.8 Å². The van der Waals surface area contributed by atoms with Crippen molar-refractivity contribution in [2.75, 3.05) is 35.9 Å². The summed E-state index contributed by atoms with van der Waals surface area (Å²) >= 11 is 0. The number of aromatic nitrogens is 1. The quantitative estimate of drug-likeness (QED) is 0.725. The summed E-state index contributed by atoms with van der Waals surface area (Å²) in [5, 5.41) is 8.62. The Bertz CT molecular complexity index is 918. The van der Waals surface area contributed by atoms with Crippen molar-refractivity contribution in [1.82, 2.24) is 4.98 Å². The number of nitrogens with one attached hydrogen (secondary N) is 1. The van der Waals surface area contributed by atoms with Gasteiger partial charge in [0.05, 0.1) is 30.0 Å². The molecule has 1 fully saturated rings. The first-order valence-corrected chi connectivity index (χ1v) is 9.75. The number of ether oxygens (including phenoxy) is 1. The standard InChI is InChI=1S/C18H19N3O5S/c22-18(23)8-3-14-1-5-16(6-2-14)27(24,25)20-15-4-7-17(19-13-15)21-9-11-26-12-10-21/h1-8,13,20H,9-12H2,(H,22,23)/b8-3+. The number of nitrogens with zero attached hydrogens (tertiary/aromatic N) is 2. The van der Waals surface area contributed by atoms with Crippen LogP contribution in [0.5, 0.6) is 0 Å². The van der Waals surface area contributed by atoms with Crippen molar-refractivity contribution in [3.05, 3.63) is 54.2 Å². The summed E-state index contributed by atoms with van der Waals surface area (Å²) in [7, 11) is -3.76. The number of carbonyl (C=O) groups is 1. The molecule has 142 valence electrons. The molecular formula is C18H19N3O5S. The molecule has 0 spiro atoms. The molecular weight excluding hydrogens is 370 g/mol. The molecule has 1 saturated heterocycles. The lowest BCUT2D eigenvalue weighted by Crippen LogP contribution is -2.36. The minimum Gasteiger partial charge on any atom is -0.478 e. The van der Waals surface area contributed by atoms with E-state index < -0.39 is 16.0 Å². The number of pyridine rings is 1. The van der Waals surface area contributed by atoms with Gasteiger partial charge in [0, 0.05) is 19.2 Å². The predicted molar refractivity (Wildman–Crippen MR) is 101 cm³/mol. The van der Waals surface area contributed by atoms with E-state index >= 15 is 0 Å². The number of carboxylic acids is 1. The molecule has 0 amide bonds. The highest BCUT2D eigenvalue weighted by Crippen LogP contribution is 2.19. The van der Waals surface area contributed by atoms with Crippen LogP contribution in [0.15, 0.2) is 53.6 Å². The van der Waals surface area contributed by atoms with Crippen LogP contribution >= 0.6 is 0 Å². The molecule has 2 N–H and O–H groups in total. The third-order valence-electron chi connectivity index (χ3n) is 3.94. The Morgan fingerprint density at radius 2 is 1.85 bits per heavy atom. The first-order valence-electron chi connectivity index (χ1n) is 8.27. The lowest BCUT2D eigenvalue weighted by Gasteiger charge is -2.27. The number of carboxylic acid groups (broad SMARTS) is 1. The average molecular weight is 389 g/mol. The van der Waals surface area contributed by atoms with Crippen LogP contribution in [0.1, 0.15) is 5.56 Å². The molecule has 27 heavy (non-hydrogen) atoms. The maximum Gasteiger partial charge on any atom is 0.328 e. The van der Waals surface area contributed by atoms with Gasteiger partial charge in [-0.1, -0.05) is 12.1 Å². The van der Waals surface area contributed by atoms with Crippen LogP contribution in [0, 0.1) is 0 Å². The third-order valence-corrected chi connectivity index (χ3v) is 5.34. The molecule has 0 radical (unpaired) electrons. The Balaban J connectivity index is 1.69. The van der Waals surface area contributed by atoms with E-state index in [1.54, 1.807) is 12.1 Å². The largest absolute Gasteiger partial charge is 0.478 e. The molecule has 0 unspecified atom stereocenters. The molecule has 0 aliphatic carbocycles. The summed E-state index contributed by atoms with van der Waals surface area (Å²) < 4.78 is 32.8. The smallest absolute Gasteiger partial charge is 0.328 e. The summed E-state index contributed by atoms with van der Waals surface area (Å²) in [5.74, 6) is -0.294. The van der Waals surface area contributed by atoms with Crippen molar-refractivity contribution >= 4 is 33.6 Å². The van der Waals surface area contributed by atoms with E-state index in [4.69, 9.17) is 9.84 Å². The number of morpholine rings is 1. The van der Waals surface area contributed by atoms with E-state index in [9.17, 15) is 13.2 Å². The fraction of sp³-hybridized carbons (Fsp3) is 0.222. The number of hydrogen-bond donors (Lipinski definition) is 2. The van der Waals surface area contributed by atoms with Crippen LogP contribution in [-0.2, 0) is 19.6 Å². The van der Waals surface area contributed by atoms with Gasteiger partial charge in [0.25, 0.3) is 10.0 Å². The van der Waals surface area contributed by atoms with Gasteiger partial charge in [0.15, 0.2) is 0 Å². The minimum atomic E-state index is -3.76. The van der Waals surface area contributed by atoms with Crippen molar-refractivity contribution < 1.29 is 23.1 Å². The van der Waals surface area contributed by atoms with Gasteiger partial charge >= 0.3 is 5.97 Å². The highest BCUT2D eigenvalue weighted by Gasteiger charge is 2.16. The molecule has 1 aliphatic rings. The van der Waals surface area contributed by atoms with Crippen LogP contribution in [0.3, 0.4) is 0 Å². The van der Waals surface area contributed by atoms with Gasteiger partial charge in [0.2, 0.25) is 0 Å². The second kappa shape index (κ2) is 8.19. The van der Waals surface area contributed by atoms with Gasteiger partial charge in [0.1, 0.15) is 5.82 Å². The summed E-state index contributed by atoms with van der Waals surface area (Å²) in [5.41, 5.74) is 0.953. The fourth-order valence-electron chi connectivity index (χ4n) is 2.57. The van der Waals surface area contributed by atoms with E-state index in [0.29, 0.717) is 24.5 Å². The normalized spacial score (nSPS) is 15.0. The Morgan fingerprint density at radius 3 is 2.44 bits per heavy atom. The molecule has 2 aromatic rings. The zero-order valence-corrected chi connectivity index (χ0v) is 15.2.